The van der Waals surface area contributed by atoms with E-state index in [9.17, 15) is 0 Å². The zero-order valence-electron chi connectivity index (χ0n) is 16.0. The van der Waals surface area contributed by atoms with Crippen molar-refractivity contribution in [3.8, 4) is 33.2 Å². The number of nitrogens with one attached hydrogen (secondary N) is 2. The fraction of sp³-hybridized carbons (Fsp3) is 0.0435. The molecular weight excluding hydrogens is 392 g/mol. The lowest BCUT2D eigenvalue weighted by Gasteiger charge is -2.01. The molecule has 0 spiro atoms. The van der Waals surface area contributed by atoms with Crippen LogP contribution in [0.5, 0.6) is 0 Å². The van der Waals surface area contributed by atoms with E-state index in [1.807, 2.05) is 30.5 Å². The van der Waals surface area contributed by atoms with Gasteiger partial charge in [-0.1, -0.05) is 6.07 Å². The highest BCUT2D eigenvalue weighted by Crippen LogP contribution is 2.34. The van der Waals surface area contributed by atoms with Gasteiger partial charge < -0.3 is 4.98 Å². The van der Waals surface area contributed by atoms with Crippen molar-refractivity contribution in [1.82, 2.24) is 30.1 Å². The first kappa shape index (κ1) is 17.1. The number of H-pyrrole nitrogens is 2. The van der Waals surface area contributed by atoms with Crippen LogP contribution in [0.2, 0.25) is 0 Å². The quantitative estimate of drug-likeness (QED) is 0.399. The maximum Gasteiger partial charge on any atom is 0.159 e. The second-order valence-corrected chi connectivity index (χ2v) is 8.41. The Balaban J connectivity index is 1.52. The van der Waals surface area contributed by atoms with Gasteiger partial charge in [0.05, 0.1) is 15.9 Å². The van der Waals surface area contributed by atoms with Gasteiger partial charge in [0.15, 0.2) is 5.82 Å². The average molecular weight is 408 g/mol. The molecule has 30 heavy (non-hydrogen) atoms. The first-order chi connectivity index (χ1) is 14.8. The maximum atomic E-state index is 4.89. The van der Waals surface area contributed by atoms with E-state index in [1.54, 1.807) is 23.7 Å². The molecular formula is C23H16N6S. The molecule has 6 rings (SSSR count). The summed E-state index contributed by atoms with van der Waals surface area (Å²) in [5.74, 6) is 0.727. The zero-order chi connectivity index (χ0) is 20.1. The van der Waals surface area contributed by atoms with Crippen LogP contribution in [0.15, 0.2) is 67.1 Å². The summed E-state index contributed by atoms with van der Waals surface area (Å²) >= 11 is 1.72. The van der Waals surface area contributed by atoms with E-state index in [2.05, 4.69) is 56.3 Å². The van der Waals surface area contributed by atoms with Crippen molar-refractivity contribution in [2.45, 2.75) is 6.92 Å². The molecule has 2 N–H and O–H groups in total. The molecule has 0 amide bonds. The smallest absolute Gasteiger partial charge is 0.159 e. The molecule has 5 heterocycles. The number of aromatic amines is 2. The monoisotopic (exact) mass is 408 g/mol. The number of nitrogens with zero attached hydrogens (tertiary/aromatic N) is 4. The minimum absolute atomic E-state index is 0.727. The largest absolute Gasteiger partial charge is 0.336 e. The second-order valence-electron chi connectivity index (χ2n) is 7.12. The standard InChI is InChI=1S/C23H16N6S/c1-13-2-5-19(30-13)22-21-18(8-11-25-22)26-23(27-21)20-16-12-15(3-4-17(16)28-29-20)14-6-9-24-10-7-14/h2-12H,1H3,(H,26,27)(H,28,29). The molecule has 1 aromatic carbocycles. The van der Waals surface area contributed by atoms with Crippen LogP contribution in [0.1, 0.15) is 4.88 Å². The fourth-order valence-corrected chi connectivity index (χ4v) is 4.57. The Kier molecular flexibility index (Phi) is 3.75. The Bertz CT molecular complexity index is 1510. The van der Waals surface area contributed by atoms with E-state index in [0.29, 0.717) is 0 Å². The van der Waals surface area contributed by atoms with Gasteiger partial charge in [-0.25, -0.2) is 4.98 Å². The summed E-state index contributed by atoms with van der Waals surface area (Å²) in [6, 6.07) is 16.4. The Morgan fingerprint density at radius 3 is 2.57 bits per heavy atom. The van der Waals surface area contributed by atoms with Crippen LogP contribution in [-0.4, -0.2) is 30.1 Å². The molecule has 144 valence electrons. The van der Waals surface area contributed by atoms with Gasteiger partial charge in [0.1, 0.15) is 16.9 Å². The first-order valence-electron chi connectivity index (χ1n) is 9.57. The predicted molar refractivity (Wildman–Crippen MR) is 120 cm³/mol. The molecule has 0 aliphatic carbocycles. The molecule has 6 nitrogen and oxygen atoms in total. The van der Waals surface area contributed by atoms with Gasteiger partial charge in [0, 0.05) is 28.9 Å². The van der Waals surface area contributed by atoms with Crippen molar-refractivity contribution in [2.24, 2.45) is 0 Å². The van der Waals surface area contributed by atoms with Gasteiger partial charge in [0.2, 0.25) is 0 Å². The highest BCUT2D eigenvalue weighted by atomic mass is 32.1. The number of rotatable bonds is 3. The summed E-state index contributed by atoms with van der Waals surface area (Å²) in [5, 5.41) is 8.69. The normalized spacial score (nSPS) is 11.5. The third-order valence-corrected chi connectivity index (χ3v) is 6.18. The summed E-state index contributed by atoms with van der Waals surface area (Å²) in [7, 11) is 0. The van der Waals surface area contributed by atoms with Crippen molar-refractivity contribution in [2.75, 3.05) is 0 Å². The van der Waals surface area contributed by atoms with Crippen molar-refractivity contribution < 1.29 is 0 Å². The number of fused-ring (bicyclic) bond motifs is 2. The molecule has 0 aliphatic rings. The fourth-order valence-electron chi connectivity index (χ4n) is 3.71. The van der Waals surface area contributed by atoms with E-state index in [0.717, 1.165) is 55.2 Å². The van der Waals surface area contributed by atoms with Gasteiger partial charge >= 0.3 is 0 Å². The van der Waals surface area contributed by atoms with E-state index in [-0.39, 0.29) is 0 Å². The number of hydrogen-bond donors (Lipinski definition) is 2. The topological polar surface area (TPSA) is 83.1 Å². The van der Waals surface area contributed by atoms with E-state index in [1.165, 1.54) is 4.88 Å². The SMILES string of the molecule is Cc1ccc(-c2nccc3[nH]c(-c4n[nH]c5ccc(-c6ccncc6)cc45)nc23)s1. The van der Waals surface area contributed by atoms with Crippen LogP contribution in [0.4, 0.5) is 0 Å². The van der Waals surface area contributed by atoms with Gasteiger partial charge in [-0.3, -0.25) is 15.1 Å². The van der Waals surface area contributed by atoms with E-state index >= 15 is 0 Å². The Morgan fingerprint density at radius 2 is 1.73 bits per heavy atom. The lowest BCUT2D eigenvalue weighted by atomic mass is 10.0. The highest BCUT2D eigenvalue weighted by molar-refractivity contribution is 7.15. The molecule has 0 saturated carbocycles. The van der Waals surface area contributed by atoms with Crippen LogP contribution >= 0.6 is 11.3 Å². The summed E-state index contributed by atoms with van der Waals surface area (Å²) < 4.78 is 0. The molecule has 6 aromatic rings. The van der Waals surface area contributed by atoms with Gasteiger partial charge in [-0.05, 0) is 60.5 Å². The van der Waals surface area contributed by atoms with Crippen molar-refractivity contribution >= 4 is 33.3 Å². The summed E-state index contributed by atoms with van der Waals surface area (Å²) in [5.41, 5.74) is 6.69. The van der Waals surface area contributed by atoms with Crippen LogP contribution in [0, 0.1) is 6.92 Å². The summed E-state index contributed by atoms with van der Waals surface area (Å²) in [4.78, 5) is 19.4. The predicted octanol–water partition coefficient (Wildman–Crippen LogP) is 5.60. The molecule has 0 bridgehead atoms. The number of imidazole rings is 1. The third-order valence-electron chi connectivity index (χ3n) is 5.18. The minimum atomic E-state index is 0.727. The van der Waals surface area contributed by atoms with Gasteiger partial charge in [-0.15, -0.1) is 11.3 Å². The van der Waals surface area contributed by atoms with E-state index in [4.69, 9.17) is 4.98 Å². The molecule has 0 atom stereocenters. The molecule has 0 radical (unpaired) electrons. The van der Waals surface area contributed by atoms with Crippen molar-refractivity contribution in [3.05, 3.63) is 72.0 Å². The lowest BCUT2D eigenvalue weighted by molar-refractivity contribution is 1.11. The van der Waals surface area contributed by atoms with Gasteiger partial charge in [0.25, 0.3) is 0 Å². The third kappa shape index (κ3) is 2.71. The lowest BCUT2D eigenvalue weighted by Crippen LogP contribution is -1.83. The first-order valence-corrected chi connectivity index (χ1v) is 10.4. The van der Waals surface area contributed by atoms with Crippen LogP contribution in [0.25, 0.3) is 55.2 Å². The van der Waals surface area contributed by atoms with E-state index < -0.39 is 0 Å². The molecule has 0 fully saturated rings. The molecule has 5 aromatic heterocycles. The van der Waals surface area contributed by atoms with Gasteiger partial charge in [-0.2, -0.15) is 5.10 Å². The minimum Gasteiger partial charge on any atom is -0.336 e. The van der Waals surface area contributed by atoms with Crippen molar-refractivity contribution in [3.63, 3.8) is 0 Å². The number of benzene rings is 1. The zero-order valence-corrected chi connectivity index (χ0v) is 16.9. The summed E-state index contributed by atoms with van der Waals surface area (Å²) in [6.07, 6.45) is 5.42. The number of aryl methyl sites for hydroxylation is 1. The molecule has 7 heteroatoms. The number of pyridine rings is 2. The highest BCUT2D eigenvalue weighted by Gasteiger charge is 2.17. The van der Waals surface area contributed by atoms with Crippen LogP contribution < -0.4 is 0 Å². The van der Waals surface area contributed by atoms with Crippen LogP contribution in [0.3, 0.4) is 0 Å². The Morgan fingerprint density at radius 1 is 0.833 bits per heavy atom. The summed E-state index contributed by atoms with van der Waals surface area (Å²) in [6.45, 7) is 2.10. The number of aromatic nitrogens is 6. The number of hydrogen-bond acceptors (Lipinski definition) is 5. The average Bonchev–Trinajstić information content (AvgIpc) is 3.51. The van der Waals surface area contributed by atoms with Crippen molar-refractivity contribution in [1.29, 1.82) is 0 Å². The molecule has 0 aliphatic heterocycles. The van der Waals surface area contributed by atoms with Crippen LogP contribution in [-0.2, 0) is 0 Å². The second kappa shape index (κ2) is 6.60. The maximum absolute atomic E-state index is 4.89. The Hall–Kier alpha value is -3.84. The number of thiophene rings is 1. The Labute approximate surface area is 175 Å². The molecule has 0 saturated heterocycles. The molecule has 0 unspecified atom stereocenters.